The van der Waals surface area contributed by atoms with Gasteiger partial charge in [0.2, 0.25) is 0 Å². The zero-order chi connectivity index (χ0) is 12.3. The summed E-state index contributed by atoms with van der Waals surface area (Å²) in [6.07, 6.45) is 6.22. The molecule has 0 aliphatic carbocycles. The van der Waals surface area contributed by atoms with E-state index >= 15 is 0 Å². The first kappa shape index (κ1) is 11.8. The van der Waals surface area contributed by atoms with E-state index in [-0.39, 0.29) is 11.7 Å². The second-order valence-corrected chi connectivity index (χ2v) is 4.23. The predicted octanol–water partition coefficient (Wildman–Crippen LogP) is 3.89. The van der Waals surface area contributed by atoms with Crippen molar-refractivity contribution in [3.63, 3.8) is 0 Å². The average Bonchev–Trinajstić information content (AvgIpc) is 2.33. The molecule has 0 radical (unpaired) electrons. The maximum atomic E-state index is 12.8. The maximum Gasteiger partial charge on any atom is 0.123 e. The van der Waals surface area contributed by atoms with Crippen LogP contribution in [0.25, 0.3) is 0 Å². The van der Waals surface area contributed by atoms with Crippen LogP contribution in [0.5, 0.6) is 0 Å². The van der Waals surface area contributed by atoms with Crippen molar-refractivity contribution in [2.45, 2.75) is 19.8 Å². The molecule has 0 fully saturated rings. The molecule has 0 amide bonds. The second-order valence-electron chi connectivity index (χ2n) is 4.23. The summed E-state index contributed by atoms with van der Waals surface area (Å²) in [5.74, 6) is 0.0768. The van der Waals surface area contributed by atoms with E-state index in [0.717, 1.165) is 17.8 Å². The Bertz CT molecular complexity index is 480. The van der Waals surface area contributed by atoms with Gasteiger partial charge in [0.15, 0.2) is 0 Å². The molecule has 0 bridgehead atoms. The molecule has 0 saturated heterocycles. The Labute approximate surface area is 101 Å². The molecule has 2 heteroatoms. The number of hydrogen-bond acceptors (Lipinski definition) is 1. The molecule has 1 unspecified atom stereocenters. The van der Waals surface area contributed by atoms with Crippen LogP contribution in [0.15, 0.2) is 53.1 Å². The van der Waals surface area contributed by atoms with Crippen molar-refractivity contribution in [1.29, 1.82) is 0 Å². The van der Waals surface area contributed by atoms with Crippen LogP contribution in [0.1, 0.15) is 25.3 Å². The van der Waals surface area contributed by atoms with Gasteiger partial charge in [0.1, 0.15) is 5.82 Å². The first-order valence-electron chi connectivity index (χ1n) is 5.82. The Morgan fingerprint density at radius 2 is 2.00 bits per heavy atom. The predicted molar refractivity (Wildman–Crippen MR) is 70.0 cm³/mol. The van der Waals surface area contributed by atoms with Gasteiger partial charge in [-0.2, -0.15) is 0 Å². The molecule has 88 valence electrons. The second kappa shape index (κ2) is 5.09. The van der Waals surface area contributed by atoms with Gasteiger partial charge in [0, 0.05) is 12.5 Å². The highest BCUT2D eigenvalue weighted by Gasteiger charge is 2.14. The van der Waals surface area contributed by atoms with Crippen molar-refractivity contribution in [2.75, 3.05) is 6.54 Å². The molecule has 0 N–H and O–H groups in total. The van der Waals surface area contributed by atoms with E-state index in [0.29, 0.717) is 0 Å². The molecule has 1 atom stereocenters. The normalized spacial score (nSPS) is 20.3. The van der Waals surface area contributed by atoms with Gasteiger partial charge < -0.3 is 0 Å². The Morgan fingerprint density at radius 3 is 2.59 bits per heavy atom. The Balaban J connectivity index is 2.20. The lowest BCUT2D eigenvalue weighted by atomic mass is 9.93. The molecule has 1 aromatic rings. The number of benzene rings is 1. The fourth-order valence-corrected chi connectivity index (χ4v) is 2.01. The van der Waals surface area contributed by atoms with Crippen LogP contribution in [0.4, 0.5) is 4.39 Å². The quantitative estimate of drug-likeness (QED) is 0.729. The lowest BCUT2D eigenvalue weighted by molar-refractivity contribution is 0.626. The van der Waals surface area contributed by atoms with E-state index in [9.17, 15) is 4.39 Å². The SMILES string of the molecule is C/C=C\C1=NCC(c2ccc(F)cc2)C=C1C. The third kappa shape index (κ3) is 2.70. The van der Waals surface area contributed by atoms with Crippen LogP contribution >= 0.6 is 0 Å². The highest BCUT2D eigenvalue weighted by Crippen LogP contribution is 2.24. The van der Waals surface area contributed by atoms with Crippen molar-refractivity contribution in [1.82, 2.24) is 0 Å². The largest absolute Gasteiger partial charge is 0.284 e. The van der Waals surface area contributed by atoms with E-state index < -0.39 is 0 Å². The van der Waals surface area contributed by atoms with Gasteiger partial charge in [-0.3, -0.25) is 4.99 Å². The van der Waals surface area contributed by atoms with Gasteiger partial charge in [0.05, 0.1) is 5.71 Å². The molecule has 0 spiro atoms. The number of hydrogen-bond donors (Lipinski definition) is 0. The number of rotatable bonds is 2. The van der Waals surface area contributed by atoms with Crippen LogP contribution in [0, 0.1) is 5.82 Å². The van der Waals surface area contributed by atoms with Crippen LogP contribution in [-0.2, 0) is 0 Å². The van der Waals surface area contributed by atoms with Gasteiger partial charge in [-0.05, 0) is 43.2 Å². The van der Waals surface area contributed by atoms with Crippen LogP contribution in [0.3, 0.4) is 0 Å². The fraction of sp³-hybridized carbons (Fsp3) is 0.267. The van der Waals surface area contributed by atoms with E-state index in [1.807, 2.05) is 31.2 Å². The molecule has 17 heavy (non-hydrogen) atoms. The van der Waals surface area contributed by atoms with Crippen molar-refractivity contribution in [3.05, 3.63) is 59.4 Å². The molecular weight excluding hydrogens is 213 g/mol. The summed E-state index contributed by atoms with van der Waals surface area (Å²) in [5.41, 5.74) is 3.35. The molecule has 1 aliphatic rings. The zero-order valence-electron chi connectivity index (χ0n) is 10.2. The Hall–Kier alpha value is -1.70. The average molecular weight is 229 g/mol. The van der Waals surface area contributed by atoms with Gasteiger partial charge in [-0.15, -0.1) is 0 Å². The summed E-state index contributed by atoms with van der Waals surface area (Å²) in [5, 5.41) is 0. The Morgan fingerprint density at radius 1 is 1.29 bits per heavy atom. The summed E-state index contributed by atoms with van der Waals surface area (Å²) in [6.45, 7) is 4.79. The van der Waals surface area contributed by atoms with Crippen LogP contribution < -0.4 is 0 Å². The van der Waals surface area contributed by atoms with Crippen LogP contribution in [0.2, 0.25) is 0 Å². The zero-order valence-corrected chi connectivity index (χ0v) is 10.2. The first-order chi connectivity index (χ1) is 8.20. The highest BCUT2D eigenvalue weighted by atomic mass is 19.1. The van der Waals surface area contributed by atoms with E-state index in [1.54, 1.807) is 0 Å². The molecule has 1 aromatic carbocycles. The van der Waals surface area contributed by atoms with Gasteiger partial charge in [-0.1, -0.05) is 24.3 Å². The van der Waals surface area contributed by atoms with Crippen molar-refractivity contribution < 1.29 is 4.39 Å². The summed E-state index contributed by atoms with van der Waals surface area (Å²) in [4.78, 5) is 4.55. The lowest BCUT2D eigenvalue weighted by Gasteiger charge is -2.18. The fourth-order valence-electron chi connectivity index (χ4n) is 2.01. The molecular formula is C15H16FN. The van der Waals surface area contributed by atoms with Gasteiger partial charge >= 0.3 is 0 Å². The molecule has 0 saturated carbocycles. The number of allylic oxidation sites excluding steroid dienone is 3. The summed E-state index contributed by atoms with van der Waals surface area (Å²) >= 11 is 0. The minimum absolute atomic E-state index is 0.191. The molecule has 1 aliphatic heterocycles. The van der Waals surface area contributed by atoms with Crippen LogP contribution in [-0.4, -0.2) is 12.3 Å². The minimum atomic E-state index is -0.191. The molecule has 0 aromatic heterocycles. The monoisotopic (exact) mass is 229 g/mol. The highest BCUT2D eigenvalue weighted by molar-refractivity contribution is 6.08. The first-order valence-corrected chi connectivity index (χ1v) is 5.82. The maximum absolute atomic E-state index is 12.8. The van der Waals surface area contributed by atoms with E-state index in [1.165, 1.54) is 17.7 Å². The van der Waals surface area contributed by atoms with Gasteiger partial charge in [0.25, 0.3) is 0 Å². The number of aliphatic imine (C=N–C) groups is 1. The van der Waals surface area contributed by atoms with E-state index in [4.69, 9.17) is 0 Å². The number of dihydropyridines is 1. The Kier molecular flexibility index (Phi) is 3.52. The third-order valence-corrected chi connectivity index (χ3v) is 2.94. The molecule has 2 rings (SSSR count). The molecule has 1 heterocycles. The van der Waals surface area contributed by atoms with Crippen molar-refractivity contribution in [2.24, 2.45) is 4.99 Å². The standard InChI is InChI=1S/C15H16FN/c1-3-4-15-11(2)9-13(10-17-15)12-5-7-14(16)8-6-12/h3-9,13H,10H2,1-2H3/b4-3-. The lowest BCUT2D eigenvalue weighted by Crippen LogP contribution is -2.11. The number of halogens is 1. The summed E-state index contributed by atoms with van der Waals surface area (Å²) < 4.78 is 12.8. The topological polar surface area (TPSA) is 12.4 Å². The van der Waals surface area contributed by atoms with Crippen molar-refractivity contribution in [3.8, 4) is 0 Å². The third-order valence-electron chi connectivity index (χ3n) is 2.94. The summed E-state index contributed by atoms with van der Waals surface area (Å²) in [6, 6.07) is 6.67. The van der Waals surface area contributed by atoms with E-state index in [2.05, 4.69) is 18.0 Å². The summed E-state index contributed by atoms with van der Waals surface area (Å²) in [7, 11) is 0. The number of nitrogens with zero attached hydrogens (tertiary/aromatic N) is 1. The molecule has 1 nitrogen and oxygen atoms in total. The smallest absolute Gasteiger partial charge is 0.123 e. The van der Waals surface area contributed by atoms with Gasteiger partial charge in [-0.25, -0.2) is 4.39 Å². The van der Waals surface area contributed by atoms with Crippen molar-refractivity contribution >= 4 is 5.71 Å². The minimum Gasteiger partial charge on any atom is -0.284 e.